The monoisotopic (exact) mass is 201 g/mol. The van der Waals surface area contributed by atoms with Crippen LogP contribution in [0.5, 0.6) is 0 Å². The van der Waals surface area contributed by atoms with E-state index in [9.17, 15) is 13.2 Å². The summed E-state index contributed by atoms with van der Waals surface area (Å²) in [6, 6.07) is 2.28. The van der Waals surface area contributed by atoms with Gasteiger partial charge in [0.2, 0.25) is 5.95 Å². The summed E-state index contributed by atoms with van der Waals surface area (Å²) in [7, 11) is 0. The Labute approximate surface area is 77.0 Å². The fourth-order valence-corrected chi connectivity index (χ4v) is 1.28. The number of anilines is 1. The molecule has 2 heterocycles. The maximum absolute atomic E-state index is 12.4. The van der Waals surface area contributed by atoms with Gasteiger partial charge in [-0.15, -0.1) is 0 Å². The summed E-state index contributed by atoms with van der Waals surface area (Å²) in [5.74, 6) is 0.0473. The largest absolute Gasteiger partial charge is 0.418 e. The molecule has 0 aliphatic carbocycles. The summed E-state index contributed by atoms with van der Waals surface area (Å²) < 4.78 is 38.5. The minimum absolute atomic E-state index is 0.0301. The van der Waals surface area contributed by atoms with Crippen molar-refractivity contribution in [1.29, 1.82) is 0 Å². The van der Waals surface area contributed by atoms with Crippen LogP contribution in [0.4, 0.5) is 19.1 Å². The van der Waals surface area contributed by atoms with E-state index in [-0.39, 0.29) is 11.5 Å². The highest BCUT2D eigenvalue weighted by Crippen LogP contribution is 2.32. The van der Waals surface area contributed by atoms with Crippen molar-refractivity contribution >= 4 is 11.5 Å². The number of hydrogen-bond donors (Lipinski definition) is 1. The number of nitrogens with zero attached hydrogens (tertiary/aromatic N) is 2. The van der Waals surface area contributed by atoms with E-state index in [0.717, 1.165) is 12.3 Å². The van der Waals surface area contributed by atoms with E-state index in [0.29, 0.717) is 0 Å². The first-order chi connectivity index (χ1) is 6.50. The van der Waals surface area contributed by atoms with Gasteiger partial charge in [-0.05, 0) is 12.1 Å². The lowest BCUT2D eigenvalue weighted by Crippen LogP contribution is -2.07. The molecule has 0 aromatic carbocycles. The number of nitrogen functional groups attached to an aromatic ring is 1. The molecule has 0 aliphatic heterocycles. The standard InChI is InChI=1S/C8H6F3N3/c9-8(10,11)5-2-1-3-14-6(5)4-13-7(14)12/h1-4H,(H2,12,13). The van der Waals surface area contributed by atoms with Crippen molar-refractivity contribution in [2.45, 2.75) is 6.18 Å². The molecule has 3 nitrogen and oxygen atoms in total. The summed E-state index contributed by atoms with van der Waals surface area (Å²) in [6.07, 6.45) is -1.83. The molecule has 2 N–H and O–H groups in total. The van der Waals surface area contributed by atoms with E-state index >= 15 is 0 Å². The van der Waals surface area contributed by atoms with Gasteiger partial charge < -0.3 is 5.73 Å². The second kappa shape index (κ2) is 2.63. The van der Waals surface area contributed by atoms with Gasteiger partial charge in [0.25, 0.3) is 0 Å². The van der Waals surface area contributed by atoms with E-state index in [4.69, 9.17) is 5.73 Å². The molecule has 0 atom stereocenters. The van der Waals surface area contributed by atoms with Crippen LogP contribution in [0, 0.1) is 0 Å². The first-order valence-electron chi connectivity index (χ1n) is 3.79. The number of fused-ring (bicyclic) bond motifs is 1. The average molecular weight is 201 g/mol. The number of aromatic nitrogens is 2. The molecule has 0 saturated carbocycles. The molecule has 2 aromatic heterocycles. The molecular formula is C8H6F3N3. The maximum Gasteiger partial charge on any atom is 0.418 e. The minimum Gasteiger partial charge on any atom is -0.369 e. The van der Waals surface area contributed by atoms with Gasteiger partial charge in [-0.2, -0.15) is 13.2 Å². The van der Waals surface area contributed by atoms with Crippen molar-refractivity contribution in [2.75, 3.05) is 5.73 Å². The van der Waals surface area contributed by atoms with E-state index < -0.39 is 11.7 Å². The fourth-order valence-electron chi connectivity index (χ4n) is 1.28. The quantitative estimate of drug-likeness (QED) is 0.707. The predicted molar refractivity (Wildman–Crippen MR) is 44.6 cm³/mol. The highest BCUT2D eigenvalue weighted by molar-refractivity contribution is 5.58. The molecule has 6 heteroatoms. The lowest BCUT2D eigenvalue weighted by Gasteiger charge is -2.07. The van der Waals surface area contributed by atoms with Crippen LogP contribution in [0.1, 0.15) is 5.56 Å². The van der Waals surface area contributed by atoms with Crippen molar-refractivity contribution in [1.82, 2.24) is 9.38 Å². The van der Waals surface area contributed by atoms with Gasteiger partial charge in [-0.25, -0.2) is 4.98 Å². The van der Waals surface area contributed by atoms with Crippen molar-refractivity contribution in [3.8, 4) is 0 Å². The summed E-state index contributed by atoms with van der Waals surface area (Å²) in [5.41, 5.74) is 4.61. The number of pyridine rings is 1. The van der Waals surface area contributed by atoms with Gasteiger partial charge in [0.05, 0.1) is 17.3 Å². The first kappa shape index (κ1) is 8.86. The number of hydrogen-bond acceptors (Lipinski definition) is 2. The molecule has 0 spiro atoms. The number of imidazole rings is 1. The second-order valence-electron chi connectivity index (χ2n) is 2.79. The molecule has 0 amide bonds. The van der Waals surface area contributed by atoms with Gasteiger partial charge in [-0.3, -0.25) is 4.40 Å². The molecule has 0 radical (unpaired) electrons. The van der Waals surface area contributed by atoms with Crippen LogP contribution in [-0.4, -0.2) is 9.38 Å². The lowest BCUT2D eigenvalue weighted by atomic mass is 10.2. The van der Waals surface area contributed by atoms with Crippen molar-refractivity contribution in [2.24, 2.45) is 0 Å². The zero-order valence-electron chi connectivity index (χ0n) is 6.92. The minimum atomic E-state index is -4.38. The Morgan fingerprint density at radius 3 is 2.71 bits per heavy atom. The fraction of sp³-hybridized carbons (Fsp3) is 0.125. The number of alkyl halides is 3. The Bertz CT molecular complexity index is 472. The molecular weight excluding hydrogens is 195 g/mol. The molecule has 2 rings (SSSR count). The summed E-state index contributed by atoms with van der Waals surface area (Å²) in [5, 5.41) is 0. The topological polar surface area (TPSA) is 43.3 Å². The maximum atomic E-state index is 12.4. The molecule has 0 saturated heterocycles. The van der Waals surface area contributed by atoms with Crippen LogP contribution in [-0.2, 0) is 6.18 Å². The van der Waals surface area contributed by atoms with Crippen LogP contribution in [0.2, 0.25) is 0 Å². The Morgan fingerprint density at radius 1 is 1.36 bits per heavy atom. The van der Waals surface area contributed by atoms with E-state index in [1.807, 2.05) is 0 Å². The number of nitrogens with two attached hydrogens (primary N) is 1. The summed E-state index contributed by atoms with van der Waals surface area (Å²) in [6.45, 7) is 0. The molecule has 0 fully saturated rings. The van der Waals surface area contributed by atoms with Crippen LogP contribution >= 0.6 is 0 Å². The van der Waals surface area contributed by atoms with E-state index in [1.54, 1.807) is 0 Å². The SMILES string of the molecule is Nc1ncc2c(C(F)(F)F)cccn12. The highest BCUT2D eigenvalue weighted by Gasteiger charge is 2.33. The Hall–Kier alpha value is -1.72. The van der Waals surface area contributed by atoms with Crippen molar-refractivity contribution < 1.29 is 13.2 Å². The zero-order valence-corrected chi connectivity index (χ0v) is 6.92. The third-order valence-electron chi connectivity index (χ3n) is 1.90. The van der Waals surface area contributed by atoms with Crippen LogP contribution in [0.3, 0.4) is 0 Å². The molecule has 0 aliphatic rings. The molecule has 2 aromatic rings. The second-order valence-corrected chi connectivity index (χ2v) is 2.79. The van der Waals surface area contributed by atoms with Gasteiger partial charge in [0.1, 0.15) is 0 Å². The lowest BCUT2D eigenvalue weighted by molar-refractivity contribution is -0.136. The molecule has 14 heavy (non-hydrogen) atoms. The highest BCUT2D eigenvalue weighted by atomic mass is 19.4. The normalized spacial score (nSPS) is 12.2. The summed E-state index contributed by atoms with van der Waals surface area (Å²) >= 11 is 0. The zero-order chi connectivity index (χ0) is 10.3. The van der Waals surface area contributed by atoms with Crippen LogP contribution in [0.25, 0.3) is 5.52 Å². The summed E-state index contributed by atoms with van der Waals surface area (Å²) in [4.78, 5) is 3.61. The third kappa shape index (κ3) is 1.19. The first-order valence-corrected chi connectivity index (χ1v) is 3.79. The smallest absolute Gasteiger partial charge is 0.369 e. The molecule has 0 bridgehead atoms. The Morgan fingerprint density at radius 2 is 2.07 bits per heavy atom. The predicted octanol–water partition coefficient (Wildman–Crippen LogP) is 1.94. The van der Waals surface area contributed by atoms with Crippen LogP contribution in [0.15, 0.2) is 24.5 Å². The number of halogens is 3. The van der Waals surface area contributed by atoms with E-state index in [2.05, 4.69) is 4.98 Å². The van der Waals surface area contributed by atoms with Crippen molar-refractivity contribution in [3.63, 3.8) is 0 Å². The van der Waals surface area contributed by atoms with Gasteiger partial charge >= 0.3 is 6.18 Å². The van der Waals surface area contributed by atoms with Crippen LogP contribution < -0.4 is 5.73 Å². The number of rotatable bonds is 0. The molecule has 74 valence electrons. The van der Waals surface area contributed by atoms with Gasteiger partial charge in [0.15, 0.2) is 0 Å². The van der Waals surface area contributed by atoms with Gasteiger partial charge in [-0.1, -0.05) is 0 Å². The average Bonchev–Trinajstić information content (AvgIpc) is 2.46. The Kier molecular flexibility index (Phi) is 1.67. The van der Waals surface area contributed by atoms with E-state index in [1.165, 1.54) is 16.7 Å². The molecule has 0 unspecified atom stereocenters. The van der Waals surface area contributed by atoms with Gasteiger partial charge in [0, 0.05) is 6.20 Å². The Balaban J connectivity index is 2.79. The third-order valence-corrected chi connectivity index (χ3v) is 1.90. The van der Waals surface area contributed by atoms with Crippen molar-refractivity contribution in [3.05, 3.63) is 30.1 Å².